The SMILES string of the molecule is C[C@@H](N[S@@](=O)C(C)(C)C)c1ccc2oc3ccccc3c2c1. The van der Waals surface area contributed by atoms with Gasteiger partial charge < -0.3 is 4.42 Å². The molecule has 0 aliphatic carbocycles. The van der Waals surface area contributed by atoms with Crippen molar-refractivity contribution in [2.75, 3.05) is 0 Å². The molecular weight excluding hydrogens is 294 g/mol. The summed E-state index contributed by atoms with van der Waals surface area (Å²) in [5, 5.41) is 2.21. The number of hydrogen-bond donors (Lipinski definition) is 1. The van der Waals surface area contributed by atoms with Gasteiger partial charge in [-0.1, -0.05) is 24.3 Å². The van der Waals surface area contributed by atoms with E-state index in [0.29, 0.717) is 0 Å². The van der Waals surface area contributed by atoms with Crippen LogP contribution in [0.5, 0.6) is 0 Å². The minimum atomic E-state index is -1.09. The molecule has 0 saturated carbocycles. The molecule has 0 fully saturated rings. The molecular formula is C18H21NO2S. The van der Waals surface area contributed by atoms with Gasteiger partial charge in [-0.2, -0.15) is 0 Å². The van der Waals surface area contributed by atoms with Crippen molar-refractivity contribution in [3.8, 4) is 0 Å². The van der Waals surface area contributed by atoms with Crippen LogP contribution in [0.2, 0.25) is 0 Å². The van der Waals surface area contributed by atoms with Crippen LogP contribution in [0.1, 0.15) is 39.3 Å². The van der Waals surface area contributed by atoms with Crippen molar-refractivity contribution in [3.05, 3.63) is 48.0 Å². The lowest BCUT2D eigenvalue weighted by molar-refractivity contribution is 0.616. The van der Waals surface area contributed by atoms with E-state index in [1.165, 1.54) is 0 Å². The molecule has 0 saturated heterocycles. The average Bonchev–Trinajstić information content (AvgIpc) is 2.83. The number of benzene rings is 2. The minimum Gasteiger partial charge on any atom is -0.456 e. The molecule has 0 bridgehead atoms. The zero-order valence-corrected chi connectivity index (χ0v) is 14.2. The largest absolute Gasteiger partial charge is 0.456 e. The third-order valence-corrected chi connectivity index (χ3v) is 5.42. The monoisotopic (exact) mass is 315 g/mol. The van der Waals surface area contributed by atoms with E-state index in [1.807, 2.05) is 58.0 Å². The van der Waals surface area contributed by atoms with Gasteiger partial charge in [0.2, 0.25) is 0 Å². The number of hydrogen-bond acceptors (Lipinski definition) is 2. The Morgan fingerprint density at radius 2 is 1.73 bits per heavy atom. The molecule has 0 aliphatic rings. The molecule has 0 aliphatic heterocycles. The van der Waals surface area contributed by atoms with Gasteiger partial charge in [-0.25, -0.2) is 8.93 Å². The molecule has 1 heterocycles. The van der Waals surface area contributed by atoms with Crippen molar-refractivity contribution in [1.82, 2.24) is 4.72 Å². The van der Waals surface area contributed by atoms with Gasteiger partial charge in [0.1, 0.15) is 11.2 Å². The van der Waals surface area contributed by atoms with Crippen molar-refractivity contribution >= 4 is 32.9 Å². The summed E-state index contributed by atoms with van der Waals surface area (Å²) < 4.78 is 21.0. The Balaban J connectivity index is 1.97. The van der Waals surface area contributed by atoms with E-state index in [2.05, 4.69) is 16.9 Å². The Morgan fingerprint density at radius 3 is 2.45 bits per heavy atom. The molecule has 0 spiro atoms. The summed E-state index contributed by atoms with van der Waals surface area (Å²) in [6, 6.07) is 14.2. The Labute approximate surface area is 133 Å². The lowest BCUT2D eigenvalue weighted by Crippen LogP contribution is -2.34. The van der Waals surface area contributed by atoms with Crippen LogP contribution in [0.4, 0.5) is 0 Å². The first-order valence-corrected chi connectivity index (χ1v) is 8.60. The summed E-state index contributed by atoms with van der Waals surface area (Å²) >= 11 is 0. The second-order valence-corrected chi connectivity index (χ2v) is 8.57. The van der Waals surface area contributed by atoms with Crippen LogP contribution in [0.25, 0.3) is 21.9 Å². The van der Waals surface area contributed by atoms with E-state index in [4.69, 9.17) is 4.42 Å². The highest BCUT2D eigenvalue weighted by Crippen LogP contribution is 2.30. The Morgan fingerprint density at radius 1 is 1.05 bits per heavy atom. The van der Waals surface area contributed by atoms with E-state index in [9.17, 15) is 4.21 Å². The molecule has 4 heteroatoms. The molecule has 116 valence electrons. The molecule has 0 amide bonds. The van der Waals surface area contributed by atoms with E-state index in [1.54, 1.807) is 0 Å². The summed E-state index contributed by atoms with van der Waals surface area (Å²) in [5.74, 6) is 0. The molecule has 3 rings (SSSR count). The lowest BCUT2D eigenvalue weighted by Gasteiger charge is -2.22. The topological polar surface area (TPSA) is 42.2 Å². The fourth-order valence-corrected chi connectivity index (χ4v) is 3.23. The van der Waals surface area contributed by atoms with Crippen LogP contribution in [0.15, 0.2) is 46.9 Å². The summed E-state index contributed by atoms with van der Waals surface area (Å²) in [5.41, 5.74) is 2.89. The predicted octanol–water partition coefficient (Wildman–Crippen LogP) is 4.70. The molecule has 0 unspecified atom stereocenters. The highest BCUT2D eigenvalue weighted by atomic mass is 32.2. The molecule has 2 atom stereocenters. The average molecular weight is 315 g/mol. The van der Waals surface area contributed by atoms with Crippen LogP contribution in [0, 0.1) is 0 Å². The first kappa shape index (κ1) is 15.3. The van der Waals surface area contributed by atoms with Gasteiger partial charge in [-0.15, -0.1) is 0 Å². The van der Waals surface area contributed by atoms with E-state index in [-0.39, 0.29) is 10.8 Å². The van der Waals surface area contributed by atoms with Gasteiger partial charge in [0, 0.05) is 16.8 Å². The van der Waals surface area contributed by atoms with Crippen molar-refractivity contribution in [2.45, 2.75) is 38.5 Å². The number of fused-ring (bicyclic) bond motifs is 3. The molecule has 3 nitrogen and oxygen atoms in total. The smallest absolute Gasteiger partial charge is 0.135 e. The van der Waals surface area contributed by atoms with E-state index in [0.717, 1.165) is 27.5 Å². The fraction of sp³-hybridized carbons (Fsp3) is 0.333. The maximum atomic E-state index is 12.3. The predicted molar refractivity (Wildman–Crippen MR) is 93.2 cm³/mol. The van der Waals surface area contributed by atoms with Gasteiger partial charge >= 0.3 is 0 Å². The normalized spacial score (nSPS) is 15.3. The van der Waals surface area contributed by atoms with E-state index >= 15 is 0 Å². The zero-order chi connectivity index (χ0) is 15.9. The Hall–Kier alpha value is -1.65. The number of nitrogens with one attached hydrogen (secondary N) is 1. The third-order valence-electron chi connectivity index (χ3n) is 3.74. The van der Waals surface area contributed by atoms with Crippen LogP contribution in [0.3, 0.4) is 0 Å². The first-order chi connectivity index (χ1) is 10.4. The Bertz CT molecular complexity index is 845. The van der Waals surface area contributed by atoms with Crippen LogP contribution >= 0.6 is 0 Å². The second-order valence-electron chi connectivity index (χ2n) is 6.57. The molecule has 1 N–H and O–H groups in total. The summed E-state index contributed by atoms with van der Waals surface area (Å²) in [6.07, 6.45) is 0. The fourth-order valence-electron chi connectivity index (χ4n) is 2.42. The quantitative estimate of drug-likeness (QED) is 0.761. The van der Waals surface area contributed by atoms with Crippen LogP contribution in [-0.4, -0.2) is 8.96 Å². The van der Waals surface area contributed by atoms with Gasteiger partial charge in [-0.05, 0) is 51.5 Å². The van der Waals surface area contributed by atoms with E-state index < -0.39 is 11.0 Å². The van der Waals surface area contributed by atoms with Crippen molar-refractivity contribution < 1.29 is 8.63 Å². The molecule has 0 radical (unpaired) electrons. The molecule has 1 aromatic heterocycles. The summed E-state index contributed by atoms with van der Waals surface area (Å²) in [4.78, 5) is 0. The van der Waals surface area contributed by atoms with Crippen LogP contribution < -0.4 is 4.72 Å². The van der Waals surface area contributed by atoms with Gasteiger partial charge in [0.15, 0.2) is 0 Å². The summed E-state index contributed by atoms with van der Waals surface area (Å²) in [6.45, 7) is 7.94. The third kappa shape index (κ3) is 2.81. The van der Waals surface area contributed by atoms with Crippen molar-refractivity contribution in [1.29, 1.82) is 0 Å². The van der Waals surface area contributed by atoms with Crippen molar-refractivity contribution in [2.24, 2.45) is 0 Å². The Kier molecular flexibility index (Phi) is 3.83. The van der Waals surface area contributed by atoms with Gasteiger partial charge in [0.25, 0.3) is 0 Å². The summed E-state index contributed by atoms with van der Waals surface area (Å²) in [7, 11) is -1.09. The first-order valence-electron chi connectivity index (χ1n) is 7.45. The molecule has 2 aromatic carbocycles. The zero-order valence-electron chi connectivity index (χ0n) is 13.3. The van der Waals surface area contributed by atoms with Gasteiger partial charge in [0.05, 0.1) is 15.7 Å². The van der Waals surface area contributed by atoms with Crippen molar-refractivity contribution in [3.63, 3.8) is 0 Å². The number of rotatable bonds is 3. The van der Waals surface area contributed by atoms with Crippen LogP contribution in [-0.2, 0) is 11.0 Å². The maximum absolute atomic E-state index is 12.3. The maximum Gasteiger partial charge on any atom is 0.135 e. The van der Waals surface area contributed by atoms with Gasteiger partial charge in [-0.3, -0.25) is 0 Å². The number of para-hydroxylation sites is 1. The molecule has 22 heavy (non-hydrogen) atoms. The standard InChI is InChI=1S/C18H21NO2S/c1-12(19-22(20)18(2,3)4)13-9-10-17-15(11-13)14-7-5-6-8-16(14)21-17/h5-12,19H,1-4H3/t12-,22+/m1/s1. The minimum absolute atomic E-state index is 0.0121. The number of furan rings is 1. The molecule has 3 aromatic rings. The second kappa shape index (κ2) is 5.52. The highest BCUT2D eigenvalue weighted by Gasteiger charge is 2.22. The highest BCUT2D eigenvalue weighted by molar-refractivity contribution is 7.84. The lowest BCUT2D eigenvalue weighted by atomic mass is 10.1.